The summed E-state index contributed by atoms with van der Waals surface area (Å²) in [5, 5.41) is 2.96. The quantitative estimate of drug-likeness (QED) is 0.699. The summed E-state index contributed by atoms with van der Waals surface area (Å²) < 4.78 is 39.2. The normalized spacial score (nSPS) is 14.5. The summed E-state index contributed by atoms with van der Waals surface area (Å²) in [6.07, 6.45) is -3.29. The third-order valence-electron chi connectivity index (χ3n) is 5.21. The predicted molar refractivity (Wildman–Crippen MR) is 113 cm³/mol. The van der Waals surface area contributed by atoms with Crippen molar-refractivity contribution in [2.45, 2.75) is 60.2 Å². The molecule has 7 heteroatoms. The Kier molecular flexibility index (Phi) is 5.85. The van der Waals surface area contributed by atoms with Crippen molar-refractivity contribution in [2.24, 2.45) is 5.41 Å². The van der Waals surface area contributed by atoms with Gasteiger partial charge in [0.15, 0.2) is 0 Å². The Labute approximate surface area is 175 Å². The minimum absolute atomic E-state index is 0.0603. The van der Waals surface area contributed by atoms with Crippen LogP contribution in [0.5, 0.6) is 0 Å². The molecule has 0 unspecified atom stereocenters. The fourth-order valence-electron chi connectivity index (χ4n) is 3.76. The molecule has 1 aromatic heterocycles. The molecule has 2 heterocycles. The van der Waals surface area contributed by atoms with Crippen molar-refractivity contribution in [1.82, 2.24) is 4.98 Å². The predicted octanol–water partition coefficient (Wildman–Crippen LogP) is 5.65. The highest BCUT2D eigenvalue weighted by Gasteiger charge is 2.32. The van der Waals surface area contributed by atoms with E-state index in [-0.39, 0.29) is 11.3 Å². The monoisotopic (exact) mass is 419 g/mol. The molecular formula is C23H28F3N3O. The van der Waals surface area contributed by atoms with Gasteiger partial charge in [-0.1, -0.05) is 26.8 Å². The average molecular weight is 419 g/mol. The van der Waals surface area contributed by atoms with Crippen LogP contribution in [0, 0.1) is 19.3 Å². The van der Waals surface area contributed by atoms with Gasteiger partial charge in [0.05, 0.1) is 16.9 Å². The second kappa shape index (κ2) is 7.93. The summed E-state index contributed by atoms with van der Waals surface area (Å²) in [6, 6.07) is 5.85. The zero-order chi connectivity index (χ0) is 22.3. The Morgan fingerprint density at radius 1 is 1.13 bits per heavy atom. The number of hydrogen-bond acceptors (Lipinski definition) is 3. The fourth-order valence-corrected chi connectivity index (χ4v) is 3.76. The molecule has 1 N–H and O–H groups in total. The van der Waals surface area contributed by atoms with Crippen molar-refractivity contribution < 1.29 is 18.0 Å². The van der Waals surface area contributed by atoms with Crippen molar-refractivity contribution in [3.8, 4) is 0 Å². The number of carbonyl (C=O) groups excluding carboxylic acids is 1. The first-order valence-electron chi connectivity index (χ1n) is 10.1. The Hall–Kier alpha value is -2.57. The molecule has 0 atom stereocenters. The maximum Gasteiger partial charge on any atom is 0.416 e. The van der Waals surface area contributed by atoms with E-state index in [9.17, 15) is 18.0 Å². The van der Waals surface area contributed by atoms with Gasteiger partial charge in [0.2, 0.25) is 5.91 Å². The number of anilines is 2. The Morgan fingerprint density at radius 2 is 1.83 bits per heavy atom. The number of aromatic nitrogens is 1. The lowest BCUT2D eigenvalue weighted by molar-refractivity contribution is -0.137. The van der Waals surface area contributed by atoms with Crippen LogP contribution in [0.25, 0.3) is 0 Å². The van der Waals surface area contributed by atoms with E-state index >= 15 is 0 Å². The molecule has 1 aliphatic rings. The molecule has 1 aromatic carbocycles. The molecule has 162 valence electrons. The van der Waals surface area contributed by atoms with Gasteiger partial charge in [-0.2, -0.15) is 13.2 Å². The number of halogens is 3. The maximum absolute atomic E-state index is 13.1. The lowest BCUT2D eigenvalue weighted by Gasteiger charge is -2.31. The van der Waals surface area contributed by atoms with E-state index in [1.165, 1.54) is 6.07 Å². The number of rotatable bonds is 3. The van der Waals surface area contributed by atoms with Gasteiger partial charge in [-0.25, -0.2) is 4.98 Å². The Morgan fingerprint density at radius 3 is 2.43 bits per heavy atom. The van der Waals surface area contributed by atoms with Gasteiger partial charge in [-0.15, -0.1) is 0 Å². The molecule has 3 rings (SSSR count). The average Bonchev–Trinajstić information content (AvgIpc) is 2.61. The second-order valence-electron chi connectivity index (χ2n) is 9.20. The number of aryl methyl sites for hydroxylation is 2. The summed E-state index contributed by atoms with van der Waals surface area (Å²) >= 11 is 0. The summed E-state index contributed by atoms with van der Waals surface area (Å²) in [6.45, 7) is 10.8. The number of nitrogens with zero attached hydrogens (tertiary/aromatic N) is 2. The van der Waals surface area contributed by atoms with Gasteiger partial charge in [0, 0.05) is 19.5 Å². The van der Waals surface area contributed by atoms with Gasteiger partial charge in [0.25, 0.3) is 0 Å². The Bertz CT molecular complexity index is 938. The number of nitrogens with one attached hydrogen (secondary N) is 1. The number of amides is 1. The smallest absolute Gasteiger partial charge is 0.352 e. The van der Waals surface area contributed by atoms with E-state index in [1.54, 1.807) is 6.07 Å². The molecule has 1 aliphatic heterocycles. The molecule has 1 amide bonds. The SMILES string of the molecule is Cc1cc(N2CCc3ccc(C(F)(F)F)cc3C2)nc(C)c1NC(=O)CC(C)(C)C. The number of benzene rings is 1. The molecule has 2 aromatic rings. The van der Waals surface area contributed by atoms with Crippen molar-refractivity contribution in [2.75, 3.05) is 16.8 Å². The van der Waals surface area contributed by atoms with E-state index in [0.717, 1.165) is 17.2 Å². The van der Waals surface area contributed by atoms with E-state index in [4.69, 9.17) is 0 Å². The molecule has 0 radical (unpaired) electrons. The van der Waals surface area contributed by atoms with Gasteiger partial charge in [-0.3, -0.25) is 4.79 Å². The summed E-state index contributed by atoms with van der Waals surface area (Å²) in [5.74, 6) is 0.650. The van der Waals surface area contributed by atoms with Crippen LogP contribution in [-0.4, -0.2) is 17.4 Å². The third-order valence-corrected chi connectivity index (χ3v) is 5.21. The van der Waals surface area contributed by atoms with E-state index in [0.29, 0.717) is 48.7 Å². The summed E-state index contributed by atoms with van der Waals surface area (Å²) in [4.78, 5) is 19.0. The number of pyridine rings is 1. The lowest BCUT2D eigenvalue weighted by Crippen LogP contribution is -2.31. The number of carbonyl (C=O) groups is 1. The zero-order valence-electron chi connectivity index (χ0n) is 18.1. The number of hydrogen-bond donors (Lipinski definition) is 1. The highest BCUT2D eigenvalue weighted by Crippen LogP contribution is 2.33. The second-order valence-corrected chi connectivity index (χ2v) is 9.20. The van der Waals surface area contributed by atoms with Crippen molar-refractivity contribution in [1.29, 1.82) is 0 Å². The number of fused-ring (bicyclic) bond motifs is 1. The first-order valence-corrected chi connectivity index (χ1v) is 10.1. The molecule has 0 spiro atoms. The van der Waals surface area contributed by atoms with Crippen LogP contribution in [0.4, 0.5) is 24.7 Å². The van der Waals surface area contributed by atoms with Crippen LogP contribution in [0.15, 0.2) is 24.3 Å². The minimum Gasteiger partial charge on any atom is -0.352 e. The zero-order valence-corrected chi connectivity index (χ0v) is 18.1. The molecule has 0 saturated heterocycles. The summed E-state index contributed by atoms with van der Waals surface area (Å²) in [7, 11) is 0. The molecule has 0 saturated carbocycles. The molecule has 0 fully saturated rings. The molecule has 0 aliphatic carbocycles. The van der Waals surface area contributed by atoms with Crippen molar-refractivity contribution in [3.05, 3.63) is 52.2 Å². The maximum atomic E-state index is 13.1. The molecule has 4 nitrogen and oxygen atoms in total. The van der Waals surface area contributed by atoms with Gasteiger partial charge in [0.1, 0.15) is 5.82 Å². The van der Waals surface area contributed by atoms with Crippen molar-refractivity contribution in [3.63, 3.8) is 0 Å². The van der Waals surface area contributed by atoms with Gasteiger partial charge < -0.3 is 10.2 Å². The highest BCUT2D eigenvalue weighted by atomic mass is 19.4. The largest absolute Gasteiger partial charge is 0.416 e. The molecule has 30 heavy (non-hydrogen) atoms. The van der Waals surface area contributed by atoms with Gasteiger partial charge in [-0.05, 0) is 60.6 Å². The van der Waals surface area contributed by atoms with Crippen LogP contribution < -0.4 is 10.2 Å². The first-order chi connectivity index (χ1) is 13.8. The molecule has 0 bridgehead atoms. The van der Waals surface area contributed by atoms with Crippen LogP contribution >= 0.6 is 0 Å². The highest BCUT2D eigenvalue weighted by molar-refractivity contribution is 5.92. The van der Waals surface area contributed by atoms with Crippen LogP contribution in [-0.2, 0) is 23.9 Å². The van der Waals surface area contributed by atoms with Crippen molar-refractivity contribution >= 4 is 17.4 Å². The van der Waals surface area contributed by atoms with Gasteiger partial charge >= 0.3 is 6.18 Å². The topological polar surface area (TPSA) is 45.2 Å². The number of alkyl halides is 3. The van der Waals surface area contributed by atoms with E-state index < -0.39 is 11.7 Å². The molecular weight excluding hydrogens is 391 g/mol. The lowest BCUT2D eigenvalue weighted by atomic mass is 9.92. The summed E-state index contributed by atoms with van der Waals surface area (Å²) in [5.41, 5.74) is 3.16. The Balaban J connectivity index is 1.82. The van der Waals surface area contributed by atoms with Crippen LogP contribution in [0.1, 0.15) is 55.1 Å². The third kappa shape index (κ3) is 5.12. The fraction of sp³-hybridized carbons (Fsp3) is 0.478. The van der Waals surface area contributed by atoms with E-state index in [1.807, 2.05) is 45.6 Å². The van der Waals surface area contributed by atoms with Crippen LogP contribution in [0.2, 0.25) is 0 Å². The first kappa shape index (κ1) is 22.1. The van der Waals surface area contributed by atoms with E-state index in [2.05, 4.69) is 10.3 Å². The standard InChI is InChI=1S/C23H28F3N3O/c1-14-10-19(27-15(2)21(14)28-20(30)12-22(3,4)5)29-9-8-16-6-7-18(23(24,25)26)11-17(16)13-29/h6-7,10-11H,8-9,12-13H2,1-5H3,(H,28,30). The van der Waals surface area contributed by atoms with Crippen LogP contribution in [0.3, 0.4) is 0 Å². The minimum atomic E-state index is -4.35.